The van der Waals surface area contributed by atoms with Gasteiger partial charge >= 0.3 is 0 Å². The summed E-state index contributed by atoms with van der Waals surface area (Å²) in [6.45, 7) is 0. The fourth-order valence-corrected chi connectivity index (χ4v) is 2.73. The molecule has 0 aliphatic rings. The largest absolute Gasteiger partial charge is 0.352 e. The van der Waals surface area contributed by atoms with Gasteiger partial charge in [-0.3, -0.25) is 0 Å². The average Bonchev–Trinajstić information content (AvgIpc) is 2.45. The highest BCUT2D eigenvalue weighted by molar-refractivity contribution is 7.71. The third kappa shape index (κ3) is 1.55. The van der Waals surface area contributed by atoms with Gasteiger partial charge in [-0.15, -0.1) is 0 Å². The number of hydrogen-bond donors (Lipinski definition) is 1. The van der Waals surface area contributed by atoms with Crippen LogP contribution in [0.25, 0.3) is 32.8 Å². The average molecular weight is 262 g/mol. The van der Waals surface area contributed by atoms with E-state index in [9.17, 15) is 0 Å². The lowest BCUT2D eigenvalue weighted by Crippen LogP contribution is -1.88. The van der Waals surface area contributed by atoms with E-state index in [1.165, 1.54) is 0 Å². The third-order valence-corrected chi connectivity index (χ3v) is 3.75. The van der Waals surface area contributed by atoms with Crippen LogP contribution < -0.4 is 0 Å². The molecule has 0 bridgehead atoms. The van der Waals surface area contributed by atoms with Crippen molar-refractivity contribution in [2.45, 2.75) is 0 Å². The molecule has 2 nitrogen and oxygen atoms in total. The van der Waals surface area contributed by atoms with Gasteiger partial charge in [0.2, 0.25) is 0 Å². The summed E-state index contributed by atoms with van der Waals surface area (Å²) in [6.07, 6.45) is 0. The summed E-state index contributed by atoms with van der Waals surface area (Å²) in [7, 11) is 0. The first-order valence-corrected chi connectivity index (χ1v) is 6.54. The molecule has 0 aliphatic carbocycles. The SMILES string of the molecule is S=c1cccc2c1ccc1[nH]c3ccccc3nc12. The highest BCUT2D eigenvalue weighted by atomic mass is 32.1. The summed E-state index contributed by atoms with van der Waals surface area (Å²) in [5.41, 5.74) is 4.02. The van der Waals surface area contributed by atoms with Crippen LogP contribution in [0.1, 0.15) is 0 Å². The van der Waals surface area contributed by atoms with Gasteiger partial charge in [-0.05, 0) is 24.3 Å². The standard InChI is InChI=1S/C16H10N2S/c19-15-7-3-4-11-10(15)8-9-14-16(11)18-13-6-2-1-5-12(13)17-14/h1-9,17H. The molecule has 0 atom stereocenters. The van der Waals surface area contributed by atoms with Crippen molar-refractivity contribution in [1.82, 2.24) is 9.97 Å². The van der Waals surface area contributed by atoms with Gasteiger partial charge in [-0.25, -0.2) is 4.98 Å². The van der Waals surface area contributed by atoms with Crippen molar-refractivity contribution in [3.8, 4) is 0 Å². The Hall–Kier alpha value is -2.26. The van der Waals surface area contributed by atoms with Crippen molar-refractivity contribution in [1.29, 1.82) is 0 Å². The molecule has 0 fully saturated rings. The second-order valence-electron chi connectivity index (χ2n) is 4.57. The maximum Gasteiger partial charge on any atom is 0.0951 e. The molecule has 3 heteroatoms. The van der Waals surface area contributed by atoms with Gasteiger partial charge in [0.25, 0.3) is 0 Å². The van der Waals surface area contributed by atoms with Gasteiger partial charge < -0.3 is 4.98 Å². The van der Waals surface area contributed by atoms with Gasteiger partial charge in [-0.1, -0.05) is 42.5 Å². The Balaban J connectivity index is 2.29. The van der Waals surface area contributed by atoms with Gasteiger partial charge in [0.1, 0.15) is 0 Å². The third-order valence-electron chi connectivity index (χ3n) is 3.40. The Morgan fingerprint density at radius 3 is 2.63 bits per heavy atom. The number of benzene rings is 3. The highest BCUT2D eigenvalue weighted by Gasteiger charge is 2.04. The van der Waals surface area contributed by atoms with E-state index in [1.54, 1.807) is 0 Å². The zero-order valence-electron chi connectivity index (χ0n) is 10.1. The number of fused-ring (bicyclic) bond motifs is 4. The smallest absolute Gasteiger partial charge is 0.0951 e. The van der Waals surface area contributed by atoms with Crippen molar-refractivity contribution in [3.63, 3.8) is 0 Å². The van der Waals surface area contributed by atoms with Crippen molar-refractivity contribution in [2.24, 2.45) is 0 Å². The van der Waals surface area contributed by atoms with E-state index in [-0.39, 0.29) is 0 Å². The number of aromatic nitrogens is 2. The lowest BCUT2D eigenvalue weighted by molar-refractivity contribution is 1.41. The molecule has 1 aromatic heterocycles. The summed E-state index contributed by atoms with van der Waals surface area (Å²) < 4.78 is 0.870. The minimum atomic E-state index is 0.870. The maximum atomic E-state index is 5.37. The molecule has 19 heavy (non-hydrogen) atoms. The van der Waals surface area contributed by atoms with E-state index in [4.69, 9.17) is 17.2 Å². The van der Waals surface area contributed by atoms with Crippen molar-refractivity contribution < 1.29 is 0 Å². The minimum Gasteiger partial charge on any atom is -0.352 e. The van der Waals surface area contributed by atoms with Crippen LogP contribution in [0.15, 0.2) is 54.6 Å². The fraction of sp³-hybridized carbons (Fsp3) is 0. The van der Waals surface area contributed by atoms with Crippen molar-refractivity contribution in [2.75, 3.05) is 0 Å². The molecule has 4 aromatic rings. The zero-order valence-corrected chi connectivity index (χ0v) is 10.9. The van der Waals surface area contributed by atoms with Crippen LogP contribution in [0.5, 0.6) is 0 Å². The quantitative estimate of drug-likeness (QED) is 0.285. The van der Waals surface area contributed by atoms with E-state index in [0.717, 1.165) is 37.3 Å². The summed E-state index contributed by atoms with van der Waals surface area (Å²) >= 11 is 5.37. The van der Waals surface area contributed by atoms with E-state index in [0.29, 0.717) is 0 Å². The first kappa shape index (κ1) is 10.6. The molecular weight excluding hydrogens is 252 g/mol. The first-order chi connectivity index (χ1) is 9.33. The lowest BCUT2D eigenvalue weighted by Gasteiger charge is -2.05. The van der Waals surface area contributed by atoms with Crippen LogP contribution >= 0.6 is 12.2 Å². The molecular formula is C16H10N2S. The monoisotopic (exact) mass is 262 g/mol. The molecule has 3 aromatic carbocycles. The second-order valence-corrected chi connectivity index (χ2v) is 5.01. The topological polar surface area (TPSA) is 28.7 Å². The zero-order chi connectivity index (χ0) is 12.8. The number of nitrogens with one attached hydrogen (secondary N) is 1. The predicted molar refractivity (Wildman–Crippen MR) is 81.9 cm³/mol. The fourth-order valence-electron chi connectivity index (χ4n) is 2.48. The molecule has 4 rings (SSSR count). The first-order valence-electron chi connectivity index (χ1n) is 6.13. The number of aromatic amines is 1. The Bertz CT molecular complexity index is 986. The van der Waals surface area contributed by atoms with E-state index < -0.39 is 0 Å². The van der Waals surface area contributed by atoms with Gasteiger partial charge in [0.15, 0.2) is 0 Å². The van der Waals surface area contributed by atoms with Gasteiger partial charge in [0.05, 0.1) is 22.1 Å². The molecule has 0 aliphatic heterocycles. The summed E-state index contributed by atoms with van der Waals surface area (Å²) in [5.74, 6) is 0. The summed E-state index contributed by atoms with van der Waals surface area (Å²) in [5, 5.41) is 2.19. The van der Waals surface area contributed by atoms with Gasteiger partial charge in [0, 0.05) is 15.3 Å². The molecule has 1 N–H and O–H groups in total. The Morgan fingerprint density at radius 2 is 1.68 bits per heavy atom. The Kier molecular flexibility index (Phi) is 2.17. The number of para-hydroxylation sites is 2. The van der Waals surface area contributed by atoms with Crippen LogP contribution in [-0.2, 0) is 0 Å². The van der Waals surface area contributed by atoms with Crippen LogP contribution in [0, 0.1) is 4.51 Å². The number of H-pyrrole nitrogens is 1. The summed E-state index contributed by atoms with van der Waals surface area (Å²) in [4.78, 5) is 8.19. The molecule has 0 saturated heterocycles. The molecule has 0 amide bonds. The molecule has 1 heterocycles. The molecule has 0 saturated carbocycles. The second kappa shape index (κ2) is 3.87. The highest BCUT2D eigenvalue weighted by Crippen LogP contribution is 2.25. The van der Waals surface area contributed by atoms with E-state index in [1.807, 2.05) is 42.5 Å². The molecule has 0 radical (unpaired) electrons. The Labute approximate surface area is 114 Å². The molecule has 90 valence electrons. The van der Waals surface area contributed by atoms with E-state index in [2.05, 4.69) is 17.1 Å². The summed E-state index contributed by atoms with van der Waals surface area (Å²) in [6, 6.07) is 18.2. The number of rotatable bonds is 0. The maximum absolute atomic E-state index is 5.37. The van der Waals surface area contributed by atoms with Crippen LogP contribution in [0.4, 0.5) is 0 Å². The van der Waals surface area contributed by atoms with Crippen LogP contribution in [0.2, 0.25) is 0 Å². The van der Waals surface area contributed by atoms with Crippen LogP contribution in [0.3, 0.4) is 0 Å². The number of hydrogen-bond acceptors (Lipinski definition) is 2. The van der Waals surface area contributed by atoms with E-state index >= 15 is 0 Å². The molecule has 0 unspecified atom stereocenters. The normalized spacial score (nSPS) is 11.4. The Morgan fingerprint density at radius 1 is 0.789 bits per heavy atom. The lowest BCUT2D eigenvalue weighted by atomic mass is 10.1. The van der Waals surface area contributed by atoms with Crippen molar-refractivity contribution in [3.05, 3.63) is 59.1 Å². The predicted octanol–water partition coefficient (Wildman–Crippen LogP) is 4.60. The minimum absolute atomic E-state index is 0.870. The van der Waals surface area contributed by atoms with Gasteiger partial charge in [-0.2, -0.15) is 0 Å². The van der Waals surface area contributed by atoms with Crippen molar-refractivity contribution >= 4 is 45.1 Å². The van der Waals surface area contributed by atoms with Crippen LogP contribution in [-0.4, -0.2) is 9.97 Å². The number of nitrogens with zero attached hydrogens (tertiary/aromatic N) is 1. The molecule has 0 spiro atoms.